The van der Waals surface area contributed by atoms with Crippen molar-refractivity contribution in [2.24, 2.45) is 5.73 Å². The number of fused-ring (bicyclic) bond motifs is 1. The first-order valence-electron chi connectivity index (χ1n) is 9.36. The maximum Gasteiger partial charge on any atom is 0.124 e. The van der Waals surface area contributed by atoms with Crippen molar-refractivity contribution in [3.05, 3.63) is 64.7 Å². The van der Waals surface area contributed by atoms with Crippen LogP contribution in [0.2, 0.25) is 0 Å². The quantitative estimate of drug-likeness (QED) is 0.666. The zero-order valence-corrected chi connectivity index (χ0v) is 18.4. The summed E-state index contributed by atoms with van der Waals surface area (Å²) >= 11 is 0. The second-order valence-electron chi connectivity index (χ2n) is 8.07. The Balaban J connectivity index is 0.00000196. The molecule has 4 nitrogen and oxygen atoms in total. The van der Waals surface area contributed by atoms with E-state index in [1.165, 1.54) is 0 Å². The number of halogens is 2. The molecule has 1 aliphatic carbocycles. The molecule has 0 spiro atoms. The van der Waals surface area contributed by atoms with Crippen LogP contribution in [0.1, 0.15) is 55.5 Å². The van der Waals surface area contributed by atoms with E-state index in [9.17, 15) is 5.11 Å². The van der Waals surface area contributed by atoms with E-state index >= 15 is 0 Å². The van der Waals surface area contributed by atoms with Crippen LogP contribution < -0.4 is 15.8 Å². The number of aliphatic hydroxyl groups excluding tert-OH is 1. The lowest BCUT2D eigenvalue weighted by Gasteiger charge is -2.37. The highest BCUT2D eigenvalue weighted by atomic mass is 35.5. The molecule has 28 heavy (non-hydrogen) atoms. The molecule has 6 heteroatoms. The van der Waals surface area contributed by atoms with E-state index in [1.54, 1.807) is 0 Å². The minimum atomic E-state index is -0.522. The van der Waals surface area contributed by atoms with Crippen LogP contribution in [0.3, 0.4) is 0 Å². The first-order chi connectivity index (χ1) is 12.4. The molecule has 156 valence electrons. The van der Waals surface area contributed by atoms with E-state index in [-0.39, 0.29) is 36.4 Å². The number of nitrogens with one attached hydrogen (secondary N) is 1. The van der Waals surface area contributed by atoms with Gasteiger partial charge < -0.3 is 20.9 Å². The molecule has 0 fully saturated rings. The summed E-state index contributed by atoms with van der Waals surface area (Å²) in [5.41, 5.74) is 10.3. The number of ether oxygens (including phenoxy) is 1. The van der Waals surface area contributed by atoms with Crippen molar-refractivity contribution in [3.63, 3.8) is 0 Å². The molecule has 0 heterocycles. The van der Waals surface area contributed by atoms with E-state index in [0.717, 1.165) is 40.8 Å². The first kappa shape index (κ1) is 24.7. The van der Waals surface area contributed by atoms with E-state index in [0.29, 0.717) is 13.2 Å². The monoisotopic (exact) mass is 426 g/mol. The summed E-state index contributed by atoms with van der Waals surface area (Å²) in [6.45, 7) is 7.31. The minimum Gasteiger partial charge on any atom is -0.489 e. The molecule has 0 bridgehead atoms. The van der Waals surface area contributed by atoms with Gasteiger partial charge in [-0.05, 0) is 56.4 Å². The van der Waals surface area contributed by atoms with Crippen molar-refractivity contribution in [1.29, 1.82) is 0 Å². The second kappa shape index (κ2) is 10.5. The number of nitrogens with two attached hydrogens (primary N) is 1. The SMILES string of the molecule is CC(C)(C)N[C@@H]1CCc2c(ccc(OCc3ccccc3)c2CN)[C@H]1O.Cl.Cl. The largest absolute Gasteiger partial charge is 0.489 e. The Bertz CT molecular complexity index is 748. The maximum atomic E-state index is 10.9. The molecule has 3 rings (SSSR count). The van der Waals surface area contributed by atoms with E-state index in [1.807, 2.05) is 42.5 Å². The topological polar surface area (TPSA) is 67.5 Å². The van der Waals surface area contributed by atoms with Gasteiger partial charge >= 0.3 is 0 Å². The van der Waals surface area contributed by atoms with Crippen molar-refractivity contribution in [2.75, 3.05) is 0 Å². The standard InChI is InChI=1S/C22H30N2O2.2ClH/c1-22(2,3)24-19-11-9-16-17(21(19)25)10-12-20(18(16)13-23)26-14-15-7-5-4-6-8-15;;/h4-8,10,12,19,21,24-25H,9,11,13-14,23H2,1-3H3;2*1H/t19-,21-;;/m1../s1. The summed E-state index contributed by atoms with van der Waals surface area (Å²) in [6.07, 6.45) is 1.27. The molecule has 0 aromatic heterocycles. The van der Waals surface area contributed by atoms with Gasteiger partial charge in [-0.15, -0.1) is 24.8 Å². The molecular weight excluding hydrogens is 395 g/mol. The van der Waals surface area contributed by atoms with Crippen molar-refractivity contribution in [1.82, 2.24) is 5.32 Å². The van der Waals surface area contributed by atoms with Crippen molar-refractivity contribution < 1.29 is 9.84 Å². The zero-order valence-electron chi connectivity index (χ0n) is 16.8. The molecule has 2 atom stereocenters. The first-order valence-corrected chi connectivity index (χ1v) is 9.36. The Morgan fingerprint density at radius 1 is 1.11 bits per heavy atom. The van der Waals surface area contributed by atoms with Crippen molar-refractivity contribution in [3.8, 4) is 5.75 Å². The summed E-state index contributed by atoms with van der Waals surface area (Å²) in [5.74, 6) is 0.824. The van der Waals surface area contributed by atoms with Crippen LogP contribution in [-0.2, 0) is 19.6 Å². The van der Waals surface area contributed by atoms with Crippen LogP contribution >= 0.6 is 24.8 Å². The second-order valence-corrected chi connectivity index (χ2v) is 8.07. The van der Waals surface area contributed by atoms with E-state index in [2.05, 4.69) is 26.1 Å². The van der Waals surface area contributed by atoms with Crippen LogP contribution in [0.15, 0.2) is 42.5 Å². The Labute approximate surface area is 180 Å². The van der Waals surface area contributed by atoms with Crippen LogP contribution in [0.25, 0.3) is 0 Å². The predicted octanol–water partition coefficient (Wildman–Crippen LogP) is 4.30. The lowest BCUT2D eigenvalue weighted by atomic mass is 9.82. The van der Waals surface area contributed by atoms with Gasteiger partial charge in [0.05, 0.1) is 6.10 Å². The molecule has 2 aromatic carbocycles. The average molecular weight is 427 g/mol. The van der Waals surface area contributed by atoms with Gasteiger partial charge in [-0.1, -0.05) is 36.4 Å². The Kier molecular flexibility index (Phi) is 9.25. The third-order valence-corrected chi connectivity index (χ3v) is 4.89. The van der Waals surface area contributed by atoms with Crippen LogP contribution in [0, 0.1) is 0 Å². The third kappa shape index (κ3) is 5.85. The molecule has 0 saturated heterocycles. The summed E-state index contributed by atoms with van der Waals surface area (Å²) in [5, 5.41) is 14.4. The molecule has 0 aliphatic heterocycles. The van der Waals surface area contributed by atoms with Crippen LogP contribution in [0.5, 0.6) is 5.75 Å². The molecule has 2 aromatic rings. The summed E-state index contributed by atoms with van der Waals surface area (Å²) < 4.78 is 6.05. The Morgan fingerprint density at radius 3 is 2.39 bits per heavy atom. The fourth-order valence-corrected chi connectivity index (χ4v) is 3.74. The smallest absolute Gasteiger partial charge is 0.124 e. The number of rotatable bonds is 5. The molecule has 0 unspecified atom stereocenters. The van der Waals surface area contributed by atoms with Crippen molar-refractivity contribution in [2.45, 2.75) is 64.4 Å². The van der Waals surface area contributed by atoms with Crippen molar-refractivity contribution >= 4 is 24.8 Å². The highest BCUT2D eigenvalue weighted by Gasteiger charge is 2.32. The number of aliphatic hydroxyl groups is 1. The highest BCUT2D eigenvalue weighted by molar-refractivity contribution is 5.85. The third-order valence-electron chi connectivity index (χ3n) is 4.89. The van der Waals surface area contributed by atoms with Gasteiger partial charge in [0.25, 0.3) is 0 Å². The summed E-state index contributed by atoms with van der Waals surface area (Å²) in [6, 6.07) is 14.1. The molecular formula is C22H32Cl2N2O2. The lowest BCUT2D eigenvalue weighted by Crippen LogP contribution is -2.48. The molecule has 4 N–H and O–H groups in total. The van der Waals surface area contributed by atoms with Crippen LogP contribution in [0.4, 0.5) is 0 Å². The van der Waals surface area contributed by atoms with Gasteiger partial charge in [0.1, 0.15) is 12.4 Å². The Morgan fingerprint density at radius 2 is 1.79 bits per heavy atom. The fourth-order valence-electron chi connectivity index (χ4n) is 3.74. The van der Waals surface area contributed by atoms with Gasteiger partial charge in [0.2, 0.25) is 0 Å². The molecule has 0 amide bonds. The van der Waals surface area contributed by atoms with Gasteiger partial charge in [-0.3, -0.25) is 0 Å². The van der Waals surface area contributed by atoms with Gasteiger partial charge in [-0.25, -0.2) is 0 Å². The number of benzene rings is 2. The predicted molar refractivity (Wildman–Crippen MR) is 120 cm³/mol. The zero-order chi connectivity index (χ0) is 18.7. The number of hydrogen-bond acceptors (Lipinski definition) is 4. The normalized spacial score (nSPS) is 18.5. The lowest BCUT2D eigenvalue weighted by molar-refractivity contribution is 0.0996. The molecule has 0 saturated carbocycles. The average Bonchev–Trinajstić information content (AvgIpc) is 2.61. The maximum absolute atomic E-state index is 10.9. The molecule has 1 aliphatic rings. The number of hydrogen-bond donors (Lipinski definition) is 3. The van der Waals surface area contributed by atoms with Gasteiger partial charge in [0.15, 0.2) is 0 Å². The summed E-state index contributed by atoms with van der Waals surface area (Å²) in [4.78, 5) is 0. The fraction of sp³-hybridized carbons (Fsp3) is 0.455. The molecule has 0 radical (unpaired) electrons. The van der Waals surface area contributed by atoms with Gasteiger partial charge in [0, 0.05) is 23.7 Å². The highest BCUT2D eigenvalue weighted by Crippen LogP contribution is 2.37. The summed E-state index contributed by atoms with van der Waals surface area (Å²) in [7, 11) is 0. The van der Waals surface area contributed by atoms with Crippen LogP contribution in [-0.4, -0.2) is 16.7 Å². The van der Waals surface area contributed by atoms with E-state index < -0.39 is 6.10 Å². The Hall–Kier alpha value is -1.30. The van der Waals surface area contributed by atoms with E-state index in [4.69, 9.17) is 10.5 Å². The minimum absolute atomic E-state index is 0. The van der Waals surface area contributed by atoms with Gasteiger partial charge in [-0.2, -0.15) is 0 Å².